The monoisotopic (exact) mass is 248 g/mol. The molecule has 0 radical (unpaired) electrons. The number of benzene rings is 1. The van der Waals surface area contributed by atoms with Crippen LogP contribution in [0.15, 0.2) is 31.0 Å². The third-order valence-electron chi connectivity index (χ3n) is 3.73. The molecular formula is C15H21FN2. The van der Waals surface area contributed by atoms with Crippen molar-refractivity contribution in [1.29, 1.82) is 0 Å². The number of hydrazine groups is 1. The third-order valence-corrected chi connectivity index (χ3v) is 3.73. The number of aryl methyl sites for hydroxylation is 1. The van der Waals surface area contributed by atoms with E-state index in [0.717, 1.165) is 17.7 Å². The van der Waals surface area contributed by atoms with Crippen LogP contribution in [0.1, 0.15) is 30.9 Å². The van der Waals surface area contributed by atoms with Crippen LogP contribution in [0.25, 0.3) is 0 Å². The molecule has 2 rings (SSSR count). The first-order valence-corrected chi connectivity index (χ1v) is 6.53. The minimum absolute atomic E-state index is 0.131. The largest absolute Gasteiger partial charge is 0.309 e. The van der Waals surface area contributed by atoms with Crippen LogP contribution in [0, 0.1) is 12.7 Å². The molecule has 1 atom stereocenters. The van der Waals surface area contributed by atoms with Crippen molar-refractivity contribution in [2.45, 2.75) is 39.3 Å². The molecule has 0 saturated carbocycles. The van der Waals surface area contributed by atoms with Crippen molar-refractivity contribution in [2.75, 3.05) is 6.54 Å². The van der Waals surface area contributed by atoms with Gasteiger partial charge in [0.2, 0.25) is 0 Å². The highest BCUT2D eigenvalue weighted by Crippen LogP contribution is 2.23. The van der Waals surface area contributed by atoms with E-state index in [-0.39, 0.29) is 5.82 Å². The number of halogens is 1. The van der Waals surface area contributed by atoms with Crippen LogP contribution >= 0.6 is 0 Å². The van der Waals surface area contributed by atoms with Crippen LogP contribution in [-0.2, 0) is 6.54 Å². The molecule has 18 heavy (non-hydrogen) atoms. The van der Waals surface area contributed by atoms with Crippen LogP contribution in [-0.4, -0.2) is 22.6 Å². The molecule has 1 heterocycles. The van der Waals surface area contributed by atoms with E-state index in [1.165, 1.54) is 18.9 Å². The van der Waals surface area contributed by atoms with Crippen LogP contribution in [0.2, 0.25) is 0 Å². The normalized spacial score (nSPS) is 20.1. The van der Waals surface area contributed by atoms with Gasteiger partial charge in [0, 0.05) is 24.4 Å². The summed E-state index contributed by atoms with van der Waals surface area (Å²) in [6.45, 7) is 9.61. The van der Waals surface area contributed by atoms with Gasteiger partial charge in [0.1, 0.15) is 5.82 Å². The molecule has 0 bridgehead atoms. The van der Waals surface area contributed by atoms with Gasteiger partial charge in [-0.05, 0) is 38.3 Å². The van der Waals surface area contributed by atoms with Gasteiger partial charge in [0.05, 0.1) is 6.54 Å². The molecule has 0 aliphatic carbocycles. The quantitative estimate of drug-likeness (QED) is 0.805. The zero-order valence-corrected chi connectivity index (χ0v) is 11.2. The van der Waals surface area contributed by atoms with Gasteiger partial charge in [-0.1, -0.05) is 18.7 Å². The maximum atomic E-state index is 13.9. The summed E-state index contributed by atoms with van der Waals surface area (Å²) >= 11 is 0. The van der Waals surface area contributed by atoms with Crippen molar-refractivity contribution in [2.24, 2.45) is 0 Å². The molecule has 1 aromatic carbocycles. The fraction of sp³-hybridized carbons (Fsp3) is 0.467. The predicted octanol–water partition coefficient (Wildman–Crippen LogP) is 3.48. The van der Waals surface area contributed by atoms with Gasteiger partial charge in [-0.3, -0.25) is 0 Å². The van der Waals surface area contributed by atoms with Crippen LogP contribution < -0.4 is 0 Å². The SMILES string of the molecule is C=CN(Cc1c(C)cccc1F)N1CCCC1C. The second kappa shape index (κ2) is 5.53. The van der Waals surface area contributed by atoms with Crippen molar-refractivity contribution >= 4 is 0 Å². The molecule has 1 unspecified atom stereocenters. The Morgan fingerprint density at radius 2 is 2.33 bits per heavy atom. The molecule has 1 aromatic rings. The molecule has 1 aliphatic rings. The Hall–Kier alpha value is -1.35. The predicted molar refractivity (Wildman–Crippen MR) is 72.3 cm³/mol. The summed E-state index contributed by atoms with van der Waals surface area (Å²) < 4.78 is 13.9. The van der Waals surface area contributed by atoms with Crippen molar-refractivity contribution in [3.63, 3.8) is 0 Å². The summed E-state index contributed by atoms with van der Waals surface area (Å²) in [4.78, 5) is 0. The van der Waals surface area contributed by atoms with E-state index in [1.54, 1.807) is 12.3 Å². The molecule has 3 heteroatoms. The van der Waals surface area contributed by atoms with Crippen molar-refractivity contribution in [3.8, 4) is 0 Å². The van der Waals surface area contributed by atoms with Crippen LogP contribution in [0.5, 0.6) is 0 Å². The van der Waals surface area contributed by atoms with Crippen molar-refractivity contribution in [1.82, 2.24) is 10.0 Å². The zero-order valence-electron chi connectivity index (χ0n) is 11.2. The molecule has 1 fully saturated rings. The average molecular weight is 248 g/mol. The van der Waals surface area contributed by atoms with Crippen molar-refractivity contribution in [3.05, 3.63) is 47.9 Å². The zero-order chi connectivity index (χ0) is 13.1. The minimum Gasteiger partial charge on any atom is -0.309 e. The maximum absolute atomic E-state index is 13.9. The second-order valence-corrected chi connectivity index (χ2v) is 4.97. The average Bonchev–Trinajstić information content (AvgIpc) is 2.76. The Morgan fingerprint density at radius 1 is 1.56 bits per heavy atom. The second-order valence-electron chi connectivity index (χ2n) is 4.97. The van der Waals surface area contributed by atoms with Crippen LogP contribution in [0.3, 0.4) is 0 Å². The number of rotatable bonds is 4. The Bertz CT molecular complexity index is 410. The highest BCUT2D eigenvalue weighted by atomic mass is 19.1. The van der Waals surface area contributed by atoms with E-state index in [4.69, 9.17) is 0 Å². The molecule has 0 N–H and O–H groups in total. The van der Waals surface area contributed by atoms with Gasteiger partial charge in [-0.15, -0.1) is 0 Å². The Balaban J connectivity index is 2.18. The van der Waals surface area contributed by atoms with Crippen LogP contribution in [0.4, 0.5) is 4.39 Å². The summed E-state index contributed by atoms with van der Waals surface area (Å²) in [7, 11) is 0. The lowest BCUT2D eigenvalue weighted by atomic mass is 10.1. The van der Waals surface area contributed by atoms with Gasteiger partial charge in [-0.2, -0.15) is 0 Å². The lowest BCUT2D eigenvalue weighted by Gasteiger charge is -2.34. The van der Waals surface area contributed by atoms with Gasteiger partial charge in [-0.25, -0.2) is 9.40 Å². The first kappa shape index (κ1) is 13.1. The van der Waals surface area contributed by atoms with E-state index in [9.17, 15) is 4.39 Å². The Morgan fingerprint density at radius 3 is 2.89 bits per heavy atom. The van der Waals surface area contributed by atoms with E-state index in [0.29, 0.717) is 12.6 Å². The molecule has 0 spiro atoms. The van der Waals surface area contributed by atoms with Gasteiger partial charge in [0.15, 0.2) is 0 Å². The maximum Gasteiger partial charge on any atom is 0.128 e. The van der Waals surface area contributed by atoms with Crippen molar-refractivity contribution < 1.29 is 4.39 Å². The number of hydrogen-bond donors (Lipinski definition) is 0. The fourth-order valence-electron chi connectivity index (χ4n) is 2.59. The highest BCUT2D eigenvalue weighted by Gasteiger charge is 2.24. The smallest absolute Gasteiger partial charge is 0.128 e. The lowest BCUT2D eigenvalue weighted by Crippen LogP contribution is -2.40. The topological polar surface area (TPSA) is 6.48 Å². The molecule has 98 valence electrons. The standard InChI is InChI=1S/C15H21FN2/c1-4-17(18-10-6-8-13(18)3)11-14-12(2)7-5-9-15(14)16/h4-5,7,9,13H,1,6,8,10-11H2,2-3H3. The van der Waals surface area contributed by atoms with E-state index in [2.05, 4.69) is 18.5 Å². The summed E-state index contributed by atoms with van der Waals surface area (Å²) in [5.41, 5.74) is 1.75. The molecular weight excluding hydrogens is 227 g/mol. The van der Waals surface area contributed by atoms with Gasteiger partial charge >= 0.3 is 0 Å². The first-order chi connectivity index (χ1) is 8.63. The Kier molecular flexibility index (Phi) is 4.02. The molecule has 0 aromatic heterocycles. The summed E-state index contributed by atoms with van der Waals surface area (Å²) in [6.07, 6.45) is 4.19. The number of hydrogen-bond acceptors (Lipinski definition) is 2. The highest BCUT2D eigenvalue weighted by molar-refractivity contribution is 5.27. The molecule has 1 aliphatic heterocycles. The minimum atomic E-state index is -0.131. The lowest BCUT2D eigenvalue weighted by molar-refractivity contribution is 0.00685. The summed E-state index contributed by atoms with van der Waals surface area (Å²) in [6, 6.07) is 5.74. The van der Waals surface area contributed by atoms with E-state index < -0.39 is 0 Å². The summed E-state index contributed by atoms with van der Waals surface area (Å²) in [5.74, 6) is -0.131. The Labute approximate surface area is 109 Å². The van der Waals surface area contributed by atoms with E-state index >= 15 is 0 Å². The first-order valence-electron chi connectivity index (χ1n) is 6.53. The van der Waals surface area contributed by atoms with E-state index in [1.807, 2.05) is 18.0 Å². The van der Waals surface area contributed by atoms with Gasteiger partial charge < -0.3 is 5.01 Å². The van der Waals surface area contributed by atoms with Gasteiger partial charge in [0.25, 0.3) is 0 Å². The molecule has 2 nitrogen and oxygen atoms in total. The molecule has 0 amide bonds. The third kappa shape index (κ3) is 2.56. The summed E-state index contributed by atoms with van der Waals surface area (Å²) in [5, 5.41) is 4.32. The fourth-order valence-corrected chi connectivity index (χ4v) is 2.59. The number of nitrogens with zero attached hydrogens (tertiary/aromatic N) is 2. The molecule has 1 saturated heterocycles.